The molecule has 1 radical (unpaired) electrons. The van der Waals surface area contributed by atoms with Gasteiger partial charge in [-0.25, -0.2) is 0 Å². The van der Waals surface area contributed by atoms with Gasteiger partial charge in [-0.1, -0.05) is 167 Å². The van der Waals surface area contributed by atoms with E-state index in [1.807, 2.05) is 6.07 Å². The summed E-state index contributed by atoms with van der Waals surface area (Å²) in [5.41, 5.74) is 14.2. The number of benzene rings is 7. The first-order valence-electron chi connectivity index (χ1n) is 23.4. The Balaban J connectivity index is 0.000000194. The van der Waals surface area contributed by atoms with Crippen molar-refractivity contribution in [2.45, 2.75) is 83.3 Å². The zero-order valence-corrected chi connectivity index (χ0v) is 41.3. The largest absolute Gasteiger partial charge is 0.500 e. The Labute approximate surface area is 401 Å². The third-order valence-corrected chi connectivity index (χ3v) is 19.6. The molecule has 3 aromatic heterocycles. The SMILES string of the molecule is CC(C)c1cc(-c2ccccc2)cc(C(C)C)c1-n1c(-c2[c-]ccc3c2oc2c4ccccc4ccc32)nc2ccccc21.Fc1c[c-]c(-c2cc3c(cn2)[Si]2(CCCC2)CCC3)cc1.[Ir]. The van der Waals surface area contributed by atoms with Crippen molar-refractivity contribution < 1.29 is 28.9 Å². The molecule has 7 aromatic carbocycles. The molecule has 0 amide bonds. The van der Waals surface area contributed by atoms with Crippen molar-refractivity contribution in [2.24, 2.45) is 0 Å². The molecule has 1 saturated heterocycles. The van der Waals surface area contributed by atoms with Crippen molar-refractivity contribution in [3.63, 3.8) is 0 Å². The zero-order chi connectivity index (χ0) is 44.2. The van der Waals surface area contributed by atoms with Crippen LogP contribution in [0, 0.1) is 17.9 Å². The Morgan fingerprint density at radius 2 is 1.39 bits per heavy atom. The smallest absolute Gasteiger partial charge is 0.128 e. The molecule has 66 heavy (non-hydrogen) atoms. The molecule has 7 heteroatoms. The quantitative estimate of drug-likeness (QED) is 0.123. The molecule has 331 valence electrons. The Morgan fingerprint density at radius 1 is 0.682 bits per heavy atom. The first-order valence-corrected chi connectivity index (χ1v) is 26.0. The third kappa shape index (κ3) is 7.75. The standard InChI is InChI=1S/C41H33N2O.C18H19FNSi.Ir/c1-25(2)34-23-29(27-13-6-5-7-14-27)24-35(26(3)4)38(34)43-37-20-11-10-19-36(37)42-41(43)33-18-12-17-31-32-22-21-28-15-8-9-16-30(28)39(32)44-40(31)33;19-16-7-5-14(6-8-16)17-12-15-4-3-11-21(9-1-2-10-21)18(15)13-20-17;/h5-17,19-26H,1-4H3;5,7-8,12-13H,1-4,9-11H2;/q2*-1;. The normalized spacial score (nSPS) is 14.3. The maximum atomic E-state index is 13.0. The van der Waals surface area contributed by atoms with Gasteiger partial charge < -0.3 is 14.0 Å². The van der Waals surface area contributed by atoms with Crippen molar-refractivity contribution in [2.75, 3.05) is 0 Å². The molecule has 2 aliphatic rings. The number of aromatic nitrogens is 3. The van der Waals surface area contributed by atoms with E-state index in [1.54, 1.807) is 11.3 Å². The van der Waals surface area contributed by atoms with Crippen LogP contribution in [0.5, 0.6) is 0 Å². The summed E-state index contributed by atoms with van der Waals surface area (Å²) in [6.07, 6.45) is 7.51. The molecular weight excluding hydrogens is 1010 g/mol. The van der Waals surface area contributed by atoms with E-state index in [9.17, 15) is 4.39 Å². The number of hydrogen-bond donors (Lipinski definition) is 0. The van der Waals surface area contributed by atoms with Crippen LogP contribution < -0.4 is 5.19 Å². The number of hydrogen-bond acceptors (Lipinski definition) is 3. The molecule has 0 saturated carbocycles. The van der Waals surface area contributed by atoms with E-state index in [4.69, 9.17) is 14.4 Å². The summed E-state index contributed by atoms with van der Waals surface area (Å²) in [6.45, 7) is 9.14. The average molecular weight is 1060 g/mol. The molecule has 2 aliphatic heterocycles. The van der Waals surface area contributed by atoms with Gasteiger partial charge in [0, 0.05) is 48.6 Å². The molecule has 1 fully saturated rings. The van der Waals surface area contributed by atoms with Crippen LogP contribution in [0.2, 0.25) is 18.1 Å². The summed E-state index contributed by atoms with van der Waals surface area (Å²) in [7, 11) is -1.21. The van der Waals surface area contributed by atoms with Gasteiger partial charge in [0.1, 0.15) is 5.58 Å². The van der Waals surface area contributed by atoms with E-state index in [-0.39, 0.29) is 37.8 Å². The van der Waals surface area contributed by atoms with Crippen LogP contribution in [0.4, 0.5) is 4.39 Å². The molecule has 12 rings (SSSR count). The zero-order valence-electron chi connectivity index (χ0n) is 37.9. The number of pyridine rings is 1. The van der Waals surface area contributed by atoms with Crippen LogP contribution in [0.1, 0.15) is 75.5 Å². The minimum absolute atomic E-state index is 0. The minimum Gasteiger partial charge on any atom is -0.500 e. The first-order chi connectivity index (χ1) is 31.8. The molecular formula is C59H52FIrN3OSi-2. The van der Waals surface area contributed by atoms with Gasteiger partial charge in [0.2, 0.25) is 0 Å². The summed E-state index contributed by atoms with van der Waals surface area (Å²) in [6, 6.07) is 58.6. The second kappa shape index (κ2) is 18.0. The maximum absolute atomic E-state index is 13.0. The number of furan rings is 1. The Morgan fingerprint density at radius 3 is 2.15 bits per heavy atom. The predicted octanol–water partition coefficient (Wildman–Crippen LogP) is 15.5. The van der Waals surface area contributed by atoms with E-state index >= 15 is 0 Å². The summed E-state index contributed by atoms with van der Waals surface area (Å²) >= 11 is 0. The Kier molecular flexibility index (Phi) is 12.0. The Hall–Kier alpha value is -5.98. The van der Waals surface area contributed by atoms with Crippen molar-refractivity contribution in [1.29, 1.82) is 0 Å². The van der Waals surface area contributed by atoms with E-state index in [0.717, 1.165) is 61.0 Å². The van der Waals surface area contributed by atoms with Gasteiger partial charge in [-0.15, -0.1) is 48.0 Å². The van der Waals surface area contributed by atoms with Crippen LogP contribution in [0.3, 0.4) is 0 Å². The van der Waals surface area contributed by atoms with Gasteiger partial charge in [-0.2, -0.15) is 0 Å². The van der Waals surface area contributed by atoms with Crippen molar-refractivity contribution in [3.8, 4) is 39.5 Å². The number of fused-ring (bicyclic) bond motifs is 8. The van der Waals surface area contributed by atoms with E-state index in [0.29, 0.717) is 0 Å². The third-order valence-electron chi connectivity index (χ3n) is 14.1. The van der Waals surface area contributed by atoms with Crippen molar-refractivity contribution >= 4 is 57.0 Å². The maximum Gasteiger partial charge on any atom is 0.128 e. The van der Waals surface area contributed by atoms with Crippen LogP contribution in [-0.2, 0) is 26.5 Å². The summed E-state index contributed by atoms with van der Waals surface area (Å²) < 4.78 is 22.2. The first kappa shape index (κ1) is 43.9. The number of halogens is 1. The fourth-order valence-electron chi connectivity index (χ4n) is 10.9. The monoisotopic (exact) mass is 1060 g/mol. The number of aryl methyl sites for hydroxylation is 1. The number of para-hydroxylation sites is 2. The number of imidazole rings is 1. The average Bonchev–Trinajstić information content (AvgIpc) is 4.08. The molecule has 0 bridgehead atoms. The van der Waals surface area contributed by atoms with Gasteiger partial charge in [-0.05, 0) is 81.0 Å². The predicted molar refractivity (Wildman–Crippen MR) is 270 cm³/mol. The van der Waals surface area contributed by atoms with Crippen LogP contribution in [-0.4, -0.2) is 22.6 Å². The summed E-state index contributed by atoms with van der Waals surface area (Å²) in [4.78, 5) is 9.99. The molecule has 0 N–H and O–H groups in total. The van der Waals surface area contributed by atoms with Gasteiger partial charge in [0.05, 0.1) is 30.5 Å². The van der Waals surface area contributed by atoms with Gasteiger partial charge in [0.15, 0.2) is 0 Å². The topological polar surface area (TPSA) is 43.9 Å². The number of rotatable bonds is 6. The second-order valence-electron chi connectivity index (χ2n) is 18.8. The fourth-order valence-corrected chi connectivity index (χ4v) is 16.4. The van der Waals surface area contributed by atoms with E-state index in [2.05, 4.69) is 166 Å². The fraction of sp³-hybridized carbons (Fsp3) is 0.220. The molecule has 1 spiro atoms. The molecule has 0 atom stereocenters. The van der Waals surface area contributed by atoms with E-state index in [1.165, 1.54) is 94.8 Å². The van der Waals surface area contributed by atoms with Crippen LogP contribution in [0.15, 0.2) is 150 Å². The summed E-state index contributed by atoms with van der Waals surface area (Å²) in [5, 5.41) is 6.08. The molecule has 4 nitrogen and oxygen atoms in total. The Bertz CT molecular complexity index is 3360. The molecule has 0 unspecified atom stereocenters. The van der Waals surface area contributed by atoms with Crippen LogP contribution >= 0.6 is 0 Å². The molecule has 0 aliphatic carbocycles. The van der Waals surface area contributed by atoms with Crippen LogP contribution in [0.25, 0.3) is 83.2 Å². The number of nitrogens with zero attached hydrogens (tertiary/aromatic N) is 3. The molecule has 10 aromatic rings. The molecule has 5 heterocycles. The van der Waals surface area contributed by atoms with Crippen molar-refractivity contribution in [1.82, 2.24) is 14.5 Å². The summed E-state index contributed by atoms with van der Waals surface area (Å²) in [5.74, 6) is 1.18. The minimum atomic E-state index is -1.21. The van der Waals surface area contributed by atoms with Gasteiger partial charge in [0.25, 0.3) is 0 Å². The van der Waals surface area contributed by atoms with E-state index < -0.39 is 8.07 Å². The van der Waals surface area contributed by atoms with Crippen molar-refractivity contribution in [3.05, 3.63) is 180 Å². The van der Waals surface area contributed by atoms with Gasteiger partial charge >= 0.3 is 0 Å². The van der Waals surface area contributed by atoms with Gasteiger partial charge in [-0.3, -0.25) is 9.37 Å². The second-order valence-corrected chi connectivity index (χ2v) is 23.4.